The van der Waals surface area contributed by atoms with E-state index in [-0.39, 0.29) is 16.8 Å². The Morgan fingerprint density at radius 3 is 2.48 bits per heavy atom. The molecule has 1 amide bonds. The molecule has 0 bridgehead atoms. The molecule has 0 saturated carbocycles. The molecule has 2 aromatic rings. The van der Waals surface area contributed by atoms with Crippen LogP contribution in [0, 0.1) is 0 Å². The number of likely N-dealkylation sites (tertiary alicyclic amines) is 1. The van der Waals surface area contributed by atoms with Crippen molar-refractivity contribution in [3.8, 4) is 5.75 Å². The van der Waals surface area contributed by atoms with Crippen LogP contribution in [0.15, 0.2) is 36.4 Å². The zero-order valence-corrected chi connectivity index (χ0v) is 13.5. The fraction of sp³-hybridized carbons (Fsp3) is 0.294. The Labute approximate surface area is 138 Å². The Bertz CT molecular complexity index is 722. The van der Waals surface area contributed by atoms with Gasteiger partial charge in [0, 0.05) is 6.54 Å². The molecule has 5 nitrogen and oxygen atoms in total. The molecule has 1 N–H and O–H groups in total. The van der Waals surface area contributed by atoms with Gasteiger partial charge in [0.05, 0.1) is 18.0 Å². The number of nitrogens with zero attached hydrogens (tertiary/aromatic N) is 1. The topological polar surface area (TPSA) is 66.8 Å². The minimum atomic E-state index is -0.998. The van der Waals surface area contributed by atoms with Crippen LogP contribution in [0.2, 0.25) is 0 Å². The van der Waals surface area contributed by atoms with E-state index in [2.05, 4.69) is 0 Å². The molecular formula is C17H17NO4S. The molecule has 1 fully saturated rings. The minimum absolute atomic E-state index is 0.0313. The number of ether oxygens (including phenoxy) is 1. The lowest BCUT2D eigenvalue weighted by Gasteiger charge is -2.24. The average molecular weight is 331 g/mol. The first-order valence-electron chi connectivity index (χ1n) is 7.38. The number of benzene rings is 1. The van der Waals surface area contributed by atoms with E-state index >= 15 is 0 Å². The Morgan fingerprint density at radius 2 is 1.87 bits per heavy atom. The highest BCUT2D eigenvalue weighted by molar-refractivity contribution is 7.15. The summed E-state index contributed by atoms with van der Waals surface area (Å²) in [5, 5.41) is 9.00. The summed E-state index contributed by atoms with van der Waals surface area (Å²) >= 11 is 1.03. The Morgan fingerprint density at radius 1 is 1.17 bits per heavy atom. The van der Waals surface area contributed by atoms with E-state index in [4.69, 9.17) is 9.84 Å². The zero-order chi connectivity index (χ0) is 16.4. The van der Waals surface area contributed by atoms with Crippen LogP contribution >= 0.6 is 11.3 Å². The van der Waals surface area contributed by atoms with Gasteiger partial charge in [0.2, 0.25) is 0 Å². The first-order valence-corrected chi connectivity index (χ1v) is 8.20. The zero-order valence-electron chi connectivity index (χ0n) is 12.7. The molecular weight excluding hydrogens is 314 g/mol. The lowest BCUT2D eigenvalue weighted by atomic mass is 10.0. The maximum absolute atomic E-state index is 12.7. The number of hydrogen-bond donors (Lipinski definition) is 1. The third kappa shape index (κ3) is 3.07. The molecule has 23 heavy (non-hydrogen) atoms. The molecule has 3 rings (SSSR count). The molecule has 120 valence electrons. The summed E-state index contributed by atoms with van der Waals surface area (Å²) in [6.07, 6.45) is 1.86. The lowest BCUT2D eigenvalue weighted by Crippen LogP contribution is -2.29. The smallest absolute Gasteiger partial charge is 0.345 e. The van der Waals surface area contributed by atoms with Gasteiger partial charge < -0.3 is 14.7 Å². The Balaban J connectivity index is 1.82. The van der Waals surface area contributed by atoms with Gasteiger partial charge in [-0.1, -0.05) is 12.1 Å². The van der Waals surface area contributed by atoms with Gasteiger partial charge in [0.1, 0.15) is 10.6 Å². The molecule has 0 radical (unpaired) electrons. The SMILES string of the molecule is COc1ccc(C2CCCN2C(=O)c2ccc(C(=O)O)s2)cc1. The van der Waals surface area contributed by atoms with E-state index in [1.165, 1.54) is 6.07 Å². The molecule has 2 heterocycles. The number of rotatable bonds is 4. The molecule has 1 aliphatic heterocycles. The highest BCUT2D eigenvalue weighted by Gasteiger charge is 2.31. The molecule has 1 unspecified atom stereocenters. The summed E-state index contributed by atoms with van der Waals surface area (Å²) in [5.41, 5.74) is 1.08. The maximum Gasteiger partial charge on any atom is 0.345 e. The van der Waals surface area contributed by atoms with E-state index in [9.17, 15) is 9.59 Å². The van der Waals surface area contributed by atoms with Gasteiger partial charge in [0.15, 0.2) is 0 Å². The number of aromatic carboxylic acids is 1. The molecule has 6 heteroatoms. The van der Waals surface area contributed by atoms with Crippen LogP contribution in [0.25, 0.3) is 0 Å². The second-order valence-electron chi connectivity index (χ2n) is 5.40. The van der Waals surface area contributed by atoms with Crippen LogP contribution < -0.4 is 4.74 Å². The number of thiophene rings is 1. The number of carboxylic acids is 1. The van der Waals surface area contributed by atoms with Crippen LogP contribution in [-0.4, -0.2) is 35.5 Å². The molecule has 1 aromatic heterocycles. The molecule has 1 atom stereocenters. The first kappa shape index (κ1) is 15.6. The van der Waals surface area contributed by atoms with Crippen LogP contribution in [0.5, 0.6) is 5.75 Å². The van der Waals surface area contributed by atoms with Crippen molar-refractivity contribution in [1.82, 2.24) is 4.90 Å². The van der Waals surface area contributed by atoms with Crippen molar-refractivity contribution in [3.63, 3.8) is 0 Å². The number of carbonyl (C=O) groups excluding carboxylic acids is 1. The van der Waals surface area contributed by atoms with Gasteiger partial charge in [-0.15, -0.1) is 11.3 Å². The van der Waals surface area contributed by atoms with Crippen LogP contribution in [-0.2, 0) is 0 Å². The van der Waals surface area contributed by atoms with Crippen molar-refractivity contribution in [3.05, 3.63) is 51.7 Å². The predicted octanol–water partition coefficient (Wildman–Crippen LogP) is 3.43. The first-order chi connectivity index (χ1) is 11.1. The number of carboxylic acid groups (broad SMARTS) is 1. The van der Waals surface area contributed by atoms with E-state index < -0.39 is 5.97 Å². The van der Waals surface area contributed by atoms with Gasteiger partial charge in [-0.05, 0) is 42.7 Å². The molecule has 1 aromatic carbocycles. The summed E-state index contributed by atoms with van der Waals surface area (Å²) in [4.78, 5) is 26.2. The summed E-state index contributed by atoms with van der Waals surface area (Å²) in [6.45, 7) is 0.690. The van der Waals surface area contributed by atoms with Crippen molar-refractivity contribution in [2.24, 2.45) is 0 Å². The third-order valence-corrected chi connectivity index (χ3v) is 5.10. The van der Waals surface area contributed by atoms with E-state index in [0.29, 0.717) is 11.4 Å². The molecule has 0 spiro atoms. The fourth-order valence-electron chi connectivity index (χ4n) is 2.89. The summed E-state index contributed by atoms with van der Waals surface area (Å²) in [7, 11) is 1.62. The second kappa shape index (κ2) is 6.42. The third-order valence-electron chi connectivity index (χ3n) is 4.04. The van der Waals surface area contributed by atoms with Gasteiger partial charge >= 0.3 is 5.97 Å². The standard InChI is InChI=1S/C17H17NO4S/c1-22-12-6-4-11(5-7-12)13-3-2-10-18(13)16(19)14-8-9-15(23-14)17(20)21/h4-9,13H,2-3,10H2,1H3,(H,20,21). The number of methoxy groups -OCH3 is 1. The number of amides is 1. The van der Waals surface area contributed by atoms with Gasteiger partial charge in [0.25, 0.3) is 5.91 Å². The van der Waals surface area contributed by atoms with E-state index in [1.807, 2.05) is 29.2 Å². The predicted molar refractivity (Wildman–Crippen MR) is 87.3 cm³/mol. The average Bonchev–Trinajstić information content (AvgIpc) is 3.23. The second-order valence-corrected chi connectivity index (χ2v) is 6.48. The van der Waals surface area contributed by atoms with Gasteiger partial charge in [-0.3, -0.25) is 4.79 Å². The number of carbonyl (C=O) groups is 2. The molecule has 1 aliphatic rings. The normalized spacial score (nSPS) is 17.3. The van der Waals surface area contributed by atoms with Crippen LogP contribution in [0.1, 0.15) is 43.8 Å². The van der Waals surface area contributed by atoms with Crippen LogP contribution in [0.3, 0.4) is 0 Å². The van der Waals surface area contributed by atoms with Crippen molar-refractivity contribution in [1.29, 1.82) is 0 Å². The minimum Gasteiger partial charge on any atom is -0.497 e. The van der Waals surface area contributed by atoms with E-state index in [1.54, 1.807) is 13.2 Å². The fourth-order valence-corrected chi connectivity index (χ4v) is 3.69. The molecule has 0 aliphatic carbocycles. The lowest BCUT2D eigenvalue weighted by molar-refractivity contribution is 0.0701. The molecule has 1 saturated heterocycles. The summed E-state index contributed by atoms with van der Waals surface area (Å²) < 4.78 is 5.17. The van der Waals surface area contributed by atoms with Crippen molar-refractivity contribution >= 4 is 23.2 Å². The summed E-state index contributed by atoms with van der Waals surface area (Å²) in [6, 6.07) is 10.9. The quantitative estimate of drug-likeness (QED) is 0.932. The van der Waals surface area contributed by atoms with E-state index in [0.717, 1.165) is 35.5 Å². The highest BCUT2D eigenvalue weighted by atomic mass is 32.1. The monoisotopic (exact) mass is 331 g/mol. The van der Waals surface area contributed by atoms with Crippen molar-refractivity contribution < 1.29 is 19.4 Å². The Kier molecular flexibility index (Phi) is 4.34. The number of hydrogen-bond acceptors (Lipinski definition) is 4. The summed E-state index contributed by atoms with van der Waals surface area (Å²) in [5.74, 6) is -0.308. The largest absolute Gasteiger partial charge is 0.497 e. The maximum atomic E-state index is 12.7. The van der Waals surface area contributed by atoms with Crippen LogP contribution in [0.4, 0.5) is 0 Å². The highest BCUT2D eigenvalue weighted by Crippen LogP contribution is 2.34. The van der Waals surface area contributed by atoms with Gasteiger partial charge in [-0.2, -0.15) is 0 Å². The Hall–Kier alpha value is -2.34. The van der Waals surface area contributed by atoms with Gasteiger partial charge in [-0.25, -0.2) is 4.79 Å². The van der Waals surface area contributed by atoms with Crippen molar-refractivity contribution in [2.45, 2.75) is 18.9 Å². The van der Waals surface area contributed by atoms with Crippen molar-refractivity contribution in [2.75, 3.05) is 13.7 Å².